The molecule has 1 aromatic carbocycles. The second-order valence-corrected chi connectivity index (χ2v) is 8.83. The molecule has 32 heavy (non-hydrogen) atoms. The van der Waals surface area contributed by atoms with Crippen molar-refractivity contribution in [3.63, 3.8) is 0 Å². The molecule has 1 aliphatic rings. The highest BCUT2D eigenvalue weighted by molar-refractivity contribution is 7.13. The summed E-state index contributed by atoms with van der Waals surface area (Å²) in [6, 6.07) is 7.79. The van der Waals surface area contributed by atoms with Gasteiger partial charge in [0, 0.05) is 23.2 Å². The number of hydrogen-bond donors (Lipinski definition) is 0. The van der Waals surface area contributed by atoms with E-state index in [1.165, 1.54) is 22.6 Å². The van der Waals surface area contributed by atoms with Crippen molar-refractivity contribution in [2.75, 3.05) is 4.90 Å². The highest BCUT2D eigenvalue weighted by atomic mass is 32.1. The summed E-state index contributed by atoms with van der Waals surface area (Å²) >= 11 is 1.41. The van der Waals surface area contributed by atoms with Crippen LogP contribution in [0.2, 0.25) is 0 Å². The number of benzene rings is 1. The zero-order valence-electron chi connectivity index (χ0n) is 18.2. The first kappa shape index (κ1) is 22.1. The van der Waals surface area contributed by atoms with Crippen LogP contribution in [0, 0.1) is 6.92 Å². The van der Waals surface area contributed by atoms with E-state index in [2.05, 4.69) is 20.4 Å². The summed E-state index contributed by atoms with van der Waals surface area (Å²) in [5.41, 5.74) is 1.94. The lowest BCUT2D eigenvalue weighted by Crippen LogP contribution is -2.47. The van der Waals surface area contributed by atoms with Crippen LogP contribution in [0.4, 0.5) is 5.13 Å². The van der Waals surface area contributed by atoms with E-state index >= 15 is 0 Å². The van der Waals surface area contributed by atoms with Gasteiger partial charge in [-0.25, -0.2) is 9.78 Å². The summed E-state index contributed by atoms with van der Waals surface area (Å²) in [7, 11) is 0. The van der Waals surface area contributed by atoms with Gasteiger partial charge in [-0.3, -0.25) is 9.69 Å². The maximum absolute atomic E-state index is 13.2. The summed E-state index contributed by atoms with van der Waals surface area (Å²) in [6.07, 6.45) is 5.93. The van der Waals surface area contributed by atoms with E-state index < -0.39 is 12.1 Å². The Kier molecular flexibility index (Phi) is 6.89. The highest BCUT2D eigenvalue weighted by Crippen LogP contribution is 2.29. The van der Waals surface area contributed by atoms with Crippen molar-refractivity contribution >= 4 is 28.3 Å². The molecule has 0 saturated heterocycles. The third-order valence-corrected chi connectivity index (χ3v) is 6.26. The number of ether oxygens (including phenoxy) is 1. The number of anilines is 1. The van der Waals surface area contributed by atoms with Crippen LogP contribution < -0.4 is 4.90 Å². The van der Waals surface area contributed by atoms with Gasteiger partial charge in [0.2, 0.25) is 5.82 Å². The largest absolute Gasteiger partial charge is 0.451 e. The van der Waals surface area contributed by atoms with E-state index in [1.54, 1.807) is 18.0 Å². The van der Waals surface area contributed by atoms with Crippen molar-refractivity contribution in [2.24, 2.45) is 0 Å². The molecule has 1 fully saturated rings. The molecule has 0 spiro atoms. The first-order valence-electron chi connectivity index (χ1n) is 10.8. The van der Waals surface area contributed by atoms with Gasteiger partial charge >= 0.3 is 5.97 Å². The SMILES string of the molecule is Cc1ccc(-c2nnn(CC(=O)OC(C)C(=O)N(c3nccs3)C3CCCCC3)n2)cc1. The number of esters is 1. The lowest BCUT2D eigenvalue weighted by Gasteiger charge is -2.33. The number of carbonyl (C=O) groups is 2. The molecule has 0 bridgehead atoms. The van der Waals surface area contributed by atoms with E-state index in [9.17, 15) is 9.59 Å². The molecule has 1 unspecified atom stereocenters. The van der Waals surface area contributed by atoms with Gasteiger partial charge in [0.25, 0.3) is 5.91 Å². The van der Waals surface area contributed by atoms with Crippen LogP contribution >= 0.6 is 11.3 Å². The van der Waals surface area contributed by atoms with Gasteiger partial charge in [-0.1, -0.05) is 49.1 Å². The molecular formula is C22H26N6O3S. The smallest absolute Gasteiger partial charge is 0.330 e. The Bertz CT molecular complexity index is 1040. The van der Waals surface area contributed by atoms with Crippen molar-refractivity contribution in [2.45, 2.75) is 64.6 Å². The number of tetrazole rings is 1. The molecular weight excluding hydrogens is 428 g/mol. The molecule has 4 rings (SSSR count). The number of carbonyl (C=O) groups excluding carboxylic acids is 2. The minimum Gasteiger partial charge on any atom is -0.451 e. The molecule has 2 heterocycles. The Labute approximate surface area is 190 Å². The highest BCUT2D eigenvalue weighted by Gasteiger charge is 2.33. The number of hydrogen-bond acceptors (Lipinski definition) is 8. The zero-order valence-corrected chi connectivity index (χ0v) is 19.0. The van der Waals surface area contributed by atoms with Gasteiger partial charge in [-0.2, -0.15) is 4.80 Å². The number of nitrogens with zero attached hydrogens (tertiary/aromatic N) is 6. The van der Waals surface area contributed by atoms with Crippen molar-refractivity contribution in [3.8, 4) is 11.4 Å². The van der Waals surface area contributed by atoms with E-state index in [0.29, 0.717) is 11.0 Å². The van der Waals surface area contributed by atoms with Crippen molar-refractivity contribution in [3.05, 3.63) is 41.4 Å². The fraction of sp³-hybridized carbons (Fsp3) is 0.455. The van der Waals surface area contributed by atoms with Crippen LogP contribution in [-0.4, -0.2) is 49.2 Å². The van der Waals surface area contributed by atoms with Crippen LogP contribution in [0.1, 0.15) is 44.6 Å². The molecule has 10 heteroatoms. The van der Waals surface area contributed by atoms with Crippen LogP contribution in [0.3, 0.4) is 0 Å². The predicted octanol–water partition coefficient (Wildman–Crippen LogP) is 3.40. The minimum absolute atomic E-state index is 0.0811. The van der Waals surface area contributed by atoms with Gasteiger partial charge in [-0.15, -0.1) is 21.5 Å². The molecule has 2 aromatic heterocycles. The molecule has 0 radical (unpaired) electrons. The average molecular weight is 455 g/mol. The molecule has 1 aliphatic carbocycles. The number of rotatable bonds is 7. The fourth-order valence-corrected chi connectivity index (χ4v) is 4.55. The van der Waals surface area contributed by atoms with Crippen molar-refractivity contribution < 1.29 is 14.3 Å². The molecule has 1 saturated carbocycles. The van der Waals surface area contributed by atoms with E-state index in [4.69, 9.17) is 4.74 Å². The number of amides is 1. The Hall–Kier alpha value is -3.14. The second-order valence-electron chi connectivity index (χ2n) is 7.96. The van der Waals surface area contributed by atoms with Gasteiger partial charge in [0.15, 0.2) is 17.8 Å². The maximum Gasteiger partial charge on any atom is 0.330 e. The minimum atomic E-state index is -0.937. The summed E-state index contributed by atoms with van der Waals surface area (Å²) in [6.45, 7) is 3.36. The molecule has 9 nitrogen and oxygen atoms in total. The number of aryl methyl sites for hydroxylation is 1. The lowest BCUT2D eigenvalue weighted by molar-refractivity contribution is -0.155. The quantitative estimate of drug-likeness (QED) is 0.504. The number of aromatic nitrogens is 5. The van der Waals surface area contributed by atoms with Crippen LogP contribution in [-0.2, 0) is 20.9 Å². The summed E-state index contributed by atoms with van der Waals surface area (Å²) < 4.78 is 5.43. The predicted molar refractivity (Wildman–Crippen MR) is 120 cm³/mol. The molecule has 1 amide bonds. The zero-order chi connectivity index (χ0) is 22.5. The molecule has 168 valence electrons. The van der Waals surface area contributed by atoms with E-state index in [1.807, 2.05) is 36.6 Å². The maximum atomic E-state index is 13.2. The third kappa shape index (κ3) is 5.18. The summed E-state index contributed by atoms with van der Waals surface area (Å²) in [4.78, 5) is 32.9. The topological polar surface area (TPSA) is 103 Å². The Morgan fingerprint density at radius 1 is 1.22 bits per heavy atom. The van der Waals surface area contributed by atoms with Crippen LogP contribution in [0.5, 0.6) is 0 Å². The molecule has 0 aliphatic heterocycles. The van der Waals surface area contributed by atoms with Crippen LogP contribution in [0.15, 0.2) is 35.8 Å². The van der Waals surface area contributed by atoms with Gasteiger partial charge in [0.05, 0.1) is 0 Å². The van der Waals surface area contributed by atoms with Crippen molar-refractivity contribution in [1.82, 2.24) is 25.2 Å². The average Bonchev–Trinajstić information content (AvgIpc) is 3.48. The molecule has 0 N–H and O–H groups in total. The fourth-order valence-electron chi connectivity index (χ4n) is 3.83. The molecule has 1 atom stereocenters. The van der Waals surface area contributed by atoms with Crippen LogP contribution in [0.25, 0.3) is 11.4 Å². The summed E-state index contributed by atoms with van der Waals surface area (Å²) in [5, 5.41) is 14.7. The second kappa shape index (κ2) is 9.99. The first-order chi connectivity index (χ1) is 15.5. The van der Waals surface area contributed by atoms with Gasteiger partial charge in [-0.05, 0) is 31.9 Å². The van der Waals surface area contributed by atoms with Crippen molar-refractivity contribution in [1.29, 1.82) is 0 Å². The Balaban J connectivity index is 1.39. The van der Waals surface area contributed by atoms with E-state index in [-0.39, 0.29) is 18.5 Å². The Morgan fingerprint density at radius 3 is 2.66 bits per heavy atom. The standard InChI is InChI=1S/C22H26N6O3S/c1-15-8-10-17(11-9-15)20-24-26-27(25-20)14-19(29)31-16(2)21(30)28(22-23-12-13-32-22)18-6-4-3-5-7-18/h8-13,16,18H,3-7,14H2,1-2H3. The van der Waals surface area contributed by atoms with Gasteiger partial charge in [0.1, 0.15) is 0 Å². The summed E-state index contributed by atoms with van der Waals surface area (Å²) in [5.74, 6) is -0.428. The lowest BCUT2D eigenvalue weighted by atomic mass is 9.94. The molecule has 3 aromatic rings. The normalized spacial score (nSPS) is 15.3. The third-order valence-electron chi connectivity index (χ3n) is 5.49. The number of thiazole rings is 1. The van der Waals surface area contributed by atoms with E-state index in [0.717, 1.165) is 36.8 Å². The monoisotopic (exact) mass is 454 g/mol. The Morgan fingerprint density at radius 2 is 1.97 bits per heavy atom. The first-order valence-corrected chi connectivity index (χ1v) is 11.7. The van der Waals surface area contributed by atoms with Gasteiger partial charge < -0.3 is 4.74 Å².